The second kappa shape index (κ2) is 10.3. The van der Waals surface area contributed by atoms with Crippen molar-refractivity contribution in [2.45, 2.75) is 56.9 Å². The average molecular weight is 364 g/mol. The number of amides is 1. The van der Waals surface area contributed by atoms with E-state index in [0.29, 0.717) is 18.1 Å². The van der Waals surface area contributed by atoms with Crippen molar-refractivity contribution < 1.29 is 9.21 Å². The zero-order chi connectivity index (χ0) is 18.1. The topological polar surface area (TPSA) is 60.1 Å². The summed E-state index contributed by atoms with van der Waals surface area (Å²) >= 11 is 1.59. The average Bonchev–Trinajstić information content (AvgIpc) is 3.20. The Hall–Kier alpha value is -1.69. The van der Waals surface area contributed by atoms with Gasteiger partial charge in [0, 0.05) is 26.0 Å². The minimum atomic E-state index is -0.129. The van der Waals surface area contributed by atoms with Gasteiger partial charge in [0.2, 0.25) is 0 Å². The maximum atomic E-state index is 12.1. The van der Waals surface area contributed by atoms with Gasteiger partial charge in [-0.2, -0.15) is 0 Å². The molecule has 0 saturated heterocycles. The van der Waals surface area contributed by atoms with Crippen LogP contribution in [0.2, 0.25) is 0 Å². The predicted octanol–water partition coefficient (Wildman–Crippen LogP) is 4.64. The maximum Gasteiger partial charge on any atom is 0.286 e. The summed E-state index contributed by atoms with van der Waals surface area (Å²) in [5, 5.41) is 3.87. The summed E-state index contributed by atoms with van der Waals surface area (Å²) in [7, 11) is 1.96. The molecular weight excluding hydrogens is 334 g/mol. The third-order valence-corrected chi connectivity index (χ3v) is 5.08. The highest BCUT2D eigenvalue weighted by Gasteiger charge is 2.11. The van der Waals surface area contributed by atoms with Gasteiger partial charge < -0.3 is 14.3 Å². The molecule has 6 heteroatoms. The van der Waals surface area contributed by atoms with E-state index in [1.807, 2.05) is 23.9 Å². The fourth-order valence-corrected chi connectivity index (χ4v) is 3.35. The van der Waals surface area contributed by atoms with Crippen LogP contribution in [0.3, 0.4) is 0 Å². The van der Waals surface area contributed by atoms with E-state index in [9.17, 15) is 4.79 Å². The van der Waals surface area contributed by atoms with Gasteiger partial charge >= 0.3 is 0 Å². The zero-order valence-electron chi connectivity index (χ0n) is 15.5. The van der Waals surface area contributed by atoms with Crippen molar-refractivity contribution in [3.63, 3.8) is 0 Å². The number of imidazole rings is 1. The fraction of sp³-hybridized carbons (Fsp3) is 0.579. The molecule has 138 valence electrons. The quantitative estimate of drug-likeness (QED) is 0.467. The van der Waals surface area contributed by atoms with E-state index in [4.69, 9.17) is 4.42 Å². The van der Waals surface area contributed by atoms with Crippen molar-refractivity contribution >= 4 is 17.7 Å². The fourth-order valence-electron chi connectivity index (χ4n) is 2.52. The second-order valence-corrected chi connectivity index (χ2v) is 7.67. The normalized spacial score (nSPS) is 11.2. The molecule has 5 nitrogen and oxygen atoms in total. The van der Waals surface area contributed by atoms with Gasteiger partial charge in [-0.05, 0) is 24.5 Å². The first-order valence-corrected chi connectivity index (χ1v) is 10.0. The van der Waals surface area contributed by atoms with Crippen molar-refractivity contribution in [2.75, 3.05) is 6.54 Å². The summed E-state index contributed by atoms with van der Waals surface area (Å²) in [6, 6.07) is 3.60. The van der Waals surface area contributed by atoms with Crippen LogP contribution < -0.4 is 5.32 Å². The summed E-state index contributed by atoms with van der Waals surface area (Å²) in [6.07, 6.45) is 9.67. The largest absolute Gasteiger partial charge is 0.455 e. The Morgan fingerprint density at radius 3 is 2.80 bits per heavy atom. The Labute approximate surface area is 154 Å². The number of furan rings is 1. The Kier molecular flexibility index (Phi) is 8.12. The minimum absolute atomic E-state index is 0.129. The molecule has 0 atom stereocenters. The van der Waals surface area contributed by atoms with Gasteiger partial charge in [0.05, 0.1) is 5.75 Å². The number of carbonyl (C=O) groups excluding carboxylic acids is 1. The van der Waals surface area contributed by atoms with Crippen molar-refractivity contribution in [2.24, 2.45) is 13.0 Å². The molecule has 0 saturated carbocycles. The molecule has 0 aliphatic carbocycles. The van der Waals surface area contributed by atoms with E-state index in [1.165, 1.54) is 19.3 Å². The van der Waals surface area contributed by atoms with Gasteiger partial charge in [0.25, 0.3) is 5.91 Å². The molecule has 0 aliphatic heterocycles. The molecule has 1 N–H and O–H groups in total. The molecule has 0 bridgehead atoms. The molecule has 0 fully saturated rings. The van der Waals surface area contributed by atoms with Gasteiger partial charge in [-0.25, -0.2) is 4.98 Å². The number of aryl methyl sites for hydroxylation is 1. The van der Waals surface area contributed by atoms with E-state index < -0.39 is 0 Å². The molecule has 2 heterocycles. The maximum absolute atomic E-state index is 12.1. The molecule has 0 unspecified atom stereocenters. The summed E-state index contributed by atoms with van der Waals surface area (Å²) in [6.45, 7) is 5.22. The summed E-state index contributed by atoms with van der Waals surface area (Å²) in [5.41, 5.74) is 0. The smallest absolute Gasteiger partial charge is 0.286 e. The number of nitrogens with zero attached hydrogens (tertiary/aromatic N) is 2. The van der Waals surface area contributed by atoms with Crippen LogP contribution in [-0.4, -0.2) is 22.0 Å². The molecular formula is C19H29N3O2S. The molecule has 0 radical (unpaired) electrons. The molecule has 25 heavy (non-hydrogen) atoms. The third-order valence-electron chi connectivity index (χ3n) is 4.00. The van der Waals surface area contributed by atoms with E-state index >= 15 is 0 Å². The van der Waals surface area contributed by atoms with Crippen molar-refractivity contribution in [3.05, 3.63) is 36.0 Å². The van der Waals surface area contributed by atoms with Crippen molar-refractivity contribution in [1.82, 2.24) is 14.9 Å². The number of unbranched alkanes of at least 4 members (excludes halogenated alkanes) is 3. The molecule has 0 aliphatic rings. The first-order chi connectivity index (χ1) is 12.1. The van der Waals surface area contributed by atoms with E-state index in [0.717, 1.165) is 29.7 Å². The number of hydrogen-bond donors (Lipinski definition) is 1. The van der Waals surface area contributed by atoms with E-state index in [2.05, 4.69) is 24.1 Å². The lowest BCUT2D eigenvalue weighted by Crippen LogP contribution is -2.23. The SMILES string of the molecule is CC(C)CCCCCCNC(=O)c1ccc(CSc2nccn2C)o1. The van der Waals surface area contributed by atoms with Crippen LogP contribution in [0.5, 0.6) is 0 Å². The molecule has 0 aromatic carbocycles. The minimum Gasteiger partial charge on any atom is -0.455 e. The monoisotopic (exact) mass is 363 g/mol. The van der Waals surface area contributed by atoms with Crippen LogP contribution in [0.15, 0.2) is 34.1 Å². The van der Waals surface area contributed by atoms with Crippen molar-refractivity contribution in [3.8, 4) is 0 Å². The number of nitrogens with one attached hydrogen (secondary N) is 1. The Morgan fingerprint density at radius 2 is 2.08 bits per heavy atom. The number of carbonyl (C=O) groups is 1. The first kappa shape index (κ1) is 19.6. The lowest BCUT2D eigenvalue weighted by Gasteiger charge is -2.05. The van der Waals surface area contributed by atoms with Gasteiger partial charge in [0.15, 0.2) is 10.9 Å². The van der Waals surface area contributed by atoms with Crippen LogP contribution in [0.1, 0.15) is 62.3 Å². The van der Waals surface area contributed by atoms with Crippen LogP contribution in [0.4, 0.5) is 0 Å². The van der Waals surface area contributed by atoms with E-state index in [-0.39, 0.29) is 5.91 Å². The highest BCUT2D eigenvalue weighted by atomic mass is 32.2. The molecule has 2 rings (SSSR count). The Balaban J connectivity index is 1.63. The van der Waals surface area contributed by atoms with Crippen LogP contribution in [0, 0.1) is 5.92 Å². The van der Waals surface area contributed by atoms with Gasteiger partial charge in [0.1, 0.15) is 5.76 Å². The highest BCUT2D eigenvalue weighted by Crippen LogP contribution is 2.21. The van der Waals surface area contributed by atoms with Crippen LogP contribution in [-0.2, 0) is 12.8 Å². The number of thioether (sulfide) groups is 1. The van der Waals surface area contributed by atoms with Crippen molar-refractivity contribution in [1.29, 1.82) is 0 Å². The second-order valence-electron chi connectivity index (χ2n) is 6.73. The lowest BCUT2D eigenvalue weighted by molar-refractivity contribution is 0.0924. The lowest BCUT2D eigenvalue weighted by atomic mass is 10.0. The molecule has 0 spiro atoms. The summed E-state index contributed by atoms with van der Waals surface area (Å²) in [4.78, 5) is 16.4. The highest BCUT2D eigenvalue weighted by molar-refractivity contribution is 7.98. The number of hydrogen-bond acceptors (Lipinski definition) is 4. The molecule has 2 aromatic rings. The Bertz CT molecular complexity index is 649. The van der Waals surface area contributed by atoms with Crippen LogP contribution >= 0.6 is 11.8 Å². The van der Waals surface area contributed by atoms with E-state index in [1.54, 1.807) is 24.0 Å². The molecule has 2 aromatic heterocycles. The van der Waals surface area contributed by atoms with Gasteiger partial charge in [-0.1, -0.05) is 51.3 Å². The number of aromatic nitrogens is 2. The van der Waals surface area contributed by atoms with Gasteiger partial charge in [-0.3, -0.25) is 4.79 Å². The number of rotatable bonds is 11. The van der Waals surface area contributed by atoms with Crippen LogP contribution in [0.25, 0.3) is 0 Å². The summed E-state index contributed by atoms with van der Waals surface area (Å²) in [5.74, 6) is 2.48. The first-order valence-electron chi connectivity index (χ1n) is 9.03. The summed E-state index contributed by atoms with van der Waals surface area (Å²) < 4.78 is 7.60. The standard InChI is InChI=1S/C19H29N3O2S/c1-15(2)8-6-4-5-7-11-20-18(23)17-10-9-16(24-17)14-25-19-21-12-13-22(19)3/h9-10,12-13,15H,4-8,11,14H2,1-3H3,(H,20,23). The van der Waals surface area contributed by atoms with Gasteiger partial charge in [-0.15, -0.1) is 0 Å². The zero-order valence-corrected chi connectivity index (χ0v) is 16.3. The molecule has 1 amide bonds. The predicted molar refractivity (Wildman–Crippen MR) is 102 cm³/mol. The third kappa shape index (κ3) is 6.98. The Morgan fingerprint density at radius 1 is 1.28 bits per heavy atom.